The maximum absolute atomic E-state index is 13.2. The SMILES string of the molecule is CCc1c(F)cccc1CCC(=O)O. The molecule has 0 saturated carbocycles. The molecule has 0 aromatic heterocycles. The molecule has 0 unspecified atom stereocenters. The smallest absolute Gasteiger partial charge is 0.303 e. The molecule has 1 aromatic rings. The molecule has 0 spiro atoms. The van der Waals surface area contributed by atoms with Crippen LogP contribution >= 0.6 is 0 Å². The standard InChI is InChI=1S/C11H13FO2/c1-2-9-8(6-7-11(13)14)4-3-5-10(9)12/h3-5H,2,6-7H2,1H3,(H,13,14). The second-order valence-electron chi connectivity index (χ2n) is 3.12. The first-order valence-corrected chi connectivity index (χ1v) is 4.63. The van der Waals surface area contributed by atoms with Crippen LogP contribution in [-0.2, 0) is 17.6 Å². The van der Waals surface area contributed by atoms with Crippen molar-refractivity contribution in [1.29, 1.82) is 0 Å². The molecule has 0 aliphatic carbocycles. The van der Waals surface area contributed by atoms with Gasteiger partial charge in [-0.05, 0) is 30.0 Å². The van der Waals surface area contributed by atoms with Gasteiger partial charge in [-0.25, -0.2) is 4.39 Å². The molecule has 0 fully saturated rings. The van der Waals surface area contributed by atoms with Crippen molar-refractivity contribution in [2.45, 2.75) is 26.2 Å². The second kappa shape index (κ2) is 4.74. The summed E-state index contributed by atoms with van der Waals surface area (Å²) in [6.07, 6.45) is 1.05. The molecule has 3 heteroatoms. The van der Waals surface area contributed by atoms with E-state index in [4.69, 9.17) is 5.11 Å². The topological polar surface area (TPSA) is 37.3 Å². The first-order chi connectivity index (χ1) is 6.65. The van der Waals surface area contributed by atoms with Gasteiger partial charge in [-0.1, -0.05) is 19.1 Å². The van der Waals surface area contributed by atoms with Gasteiger partial charge in [0.15, 0.2) is 0 Å². The van der Waals surface area contributed by atoms with Gasteiger partial charge in [0, 0.05) is 6.42 Å². The van der Waals surface area contributed by atoms with Gasteiger partial charge in [0.1, 0.15) is 5.82 Å². The maximum Gasteiger partial charge on any atom is 0.303 e. The molecular formula is C11H13FO2. The van der Waals surface area contributed by atoms with E-state index in [0.717, 1.165) is 5.56 Å². The summed E-state index contributed by atoms with van der Waals surface area (Å²) in [5.41, 5.74) is 1.43. The van der Waals surface area contributed by atoms with Crippen LogP contribution in [0, 0.1) is 5.82 Å². The van der Waals surface area contributed by atoms with Crippen molar-refractivity contribution in [2.75, 3.05) is 0 Å². The highest BCUT2D eigenvalue weighted by Gasteiger charge is 2.07. The minimum absolute atomic E-state index is 0.0520. The fourth-order valence-electron chi connectivity index (χ4n) is 1.48. The fraction of sp³-hybridized carbons (Fsp3) is 0.364. The normalized spacial score (nSPS) is 10.1. The van der Waals surface area contributed by atoms with Crippen LogP contribution in [0.15, 0.2) is 18.2 Å². The van der Waals surface area contributed by atoms with Crippen molar-refractivity contribution < 1.29 is 14.3 Å². The highest BCUT2D eigenvalue weighted by atomic mass is 19.1. The number of rotatable bonds is 4. The van der Waals surface area contributed by atoms with E-state index < -0.39 is 5.97 Å². The number of hydrogen-bond acceptors (Lipinski definition) is 1. The first kappa shape index (κ1) is 10.7. The summed E-state index contributed by atoms with van der Waals surface area (Å²) in [5, 5.41) is 8.51. The highest BCUT2D eigenvalue weighted by Crippen LogP contribution is 2.15. The molecule has 76 valence electrons. The van der Waals surface area contributed by atoms with E-state index in [1.807, 2.05) is 6.92 Å². The van der Waals surface area contributed by atoms with E-state index in [1.54, 1.807) is 12.1 Å². The molecule has 0 bridgehead atoms. The van der Waals surface area contributed by atoms with Gasteiger partial charge in [0.25, 0.3) is 0 Å². The minimum atomic E-state index is -0.851. The molecule has 0 aliphatic heterocycles. The number of aliphatic carboxylic acids is 1. The van der Waals surface area contributed by atoms with Crippen LogP contribution in [0.25, 0.3) is 0 Å². The largest absolute Gasteiger partial charge is 0.481 e. The van der Waals surface area contributed by atoms with Gasteiger partial charge in [0.05, 0.1) is 0 Å². The average molecular weight is 196 g/mol. The summed E-state index contributed by atoms with van der Waals surface area (Å²) in [6.45, 7) is 1.86. The zero-order valence-electron chi connectivity index (χ0n) is 8.09. The minimum Gasteiger partial charge on any atom is -0.481 e. The van der Waals surface area contributed by atoms with E-state index >= 15 is 0 Å². The molecule has 14 heavy (non-hydrogen) atoms. The quantitative estimate of drug-likeness (QED) is 0.802. The second-order valence-corrected chi connectivity index (χ2v) is 3.12. The Kier molecular flexibility index (Phi) is 3.63. The number of halogens is 1. The van der Waals surface area contributed by atoms with Crippen LogP contribution < -0.4 is 0 Å². The van der Waals surface area contributed by atoms with Gasteiger partial charge in [0.2, 0.25) is 0 Å². The van der Waals surface area contributed by atoms with Crippen LogP contribution in [0.1, 0.15) is 24.5 Å². The Morgan fingerprint density at radius 2 is 2.21 bits per heavy atom. The van der Waals surface area contributed by atoms with Crippen LogP contribution in [0.3, 0.4) is 0 Å². The van der Waals surface area contributed by atoms with Crippen molar-refractivity contribution in [2.24, 2.45) is 0 Å². The molecule has 1 rings (SSSR count). The Balaban J connectivity index is 2.85. The lowest BCUT2D eigenvalue weighted by atomic mass is 10.0. The molecule has 2 nitrogen and oxygen atoms in total. The van der Waals surface area contributed by atoms with E-state index in [1.165, 1.54) is 6.07 Å². The molecule has 0 saturated heterocycles. The Morgan fingerprint density at radius 3 is 2.79 bits per heavy atom. The lowest BCUT2D eigenvalue weighted by Crippen LogP contribution is -2.01. The molecule has 0 radical (unpaired) electrons. The first-order valence-electron chi connectivity index (χ1n) is 4.63. The third kappa shape index (κ3) is 2.55. The summed E-state index contributed by atoms with van der Waals surface area (Å²) in [7, 11) is 0. The Labute approximate surface area is 82.4 Å². The van der Waals surface area contributed by atoms with E-state index in [2.05, 4.69) is 0 Å². The van der Waals surface area contributed by atoms with Gasteiger partial charge in [-0.2, -0.15) is 0 Å². The fourth-order valence-corrected chi connectivity index (χ4v) is 1.48. The number of benzene rings is 1. The molecule has 0 amide bonds. The molecule has 0 aliphatic rings. The van der Waals surface area contributed by atoms with Crippen molar-refractivity contribution in [1.82, 2.24) is 0 Å². The Hall–Kier alpha value is -1.38. The van der Waals surface area contributed by atoms with Crippen molar-refractivity contribution in [3.05, 3.63) is 35.1 Å². The molecule has 1 aromatic carbocycles. The zero-order valence-corrected chi connectivity index (χ0v) is 8.09. The molecule has 0 heterocycles. The lowest BCUT2D eigenvalue weighted by Gasteiger charge is -2.06. The molecule has 0 atom stereocenters. The van der Waals surface area contributed by atoms with E-state index in [-0.39, 0.29) is 12.2 Å². The number of carbonyl (C=O) groups is 1. The summed E-state index contributed by atoms with van der Waals surface area (Å²) < 4.78 is 13.2. The van der Waals surface area contributed by atoms with Crippen molar-refractivity contribution >= 4 is 5.97 Å². The van der Waals surface area contributed by atoms with Crippen LogP contribution in [0.4, 0.5) is 4.39 Å². The van der Waals surface area contributed by atoms with Crippen molar-refractivity contribution in [3.8, 4) is 0 Å². The number of aryl methyl sites for hydroxylation is 1. The Bertz CT molecular complexity index is 334. The van der Waals surface area contributed by atoms with Crippen molar-refractivity contribution in [3.63, 3.8) is 0 Å². The highest BCUT2D eigenvalue weighted by molar-refractivity contribution is 5.67. The van der Waals surface area contributed by atoms with Gasteiger partial charge in [-0.15, -0.1) is 0 Å². The average Bonchev–Trinajstić information content (AvgIpc) is 2.14. The molecule has 1 N–H and O–H groups in total. The summed E-state index contributed by atoms with van der Waals surface area (Å²) in [6, 6.07) is 4.81. The van der Waals surface area contributed by atoms with Crippen LogP contribution in [0.2, 0.25) is 0 Å². The molecular weight excluding hydrogens is 183 g/mol. The lowest BCUT2D eigenvalue weighted by molar-refractivity contribution is -0.136. The zero-order chi connectivity index (χ0) is 10.6. The van der Waals surface area contributed by atoms with Gasteiger partial charge >= 0.3 is 5.97 Å². The summed E-state index contributed by atoms with van der Waals surface area (Å²) in [4.78, 5) is 10.4. The summed E-state index contributed by atoms with van der Waals surface area (Å²) >= 11 is 0. The maximum atomic E-state index is 13.2. The van der Waals surface area contributed by atoms with E-state index in [9.17, 15) is 9.18 Å². The third-order valence-electron chi connectivity index (χ3n) is 2.18. The summed E-state index contributed by atoms with van der Waals surface area (Å²) in [5.74, 6) is -1.09. The number of carboxylic acids is 1. The monoisotopic (exact) mass is 196 g/mol. The predicted octanol–water partition coefficient (Wildman–Crippen LogP) is 2.41. The predicted molar refractivity (Wildman–Crippen MR) is 51.7 cm³/mol. The van der Waals surface area contributed by atoms with Gasteiger partial charge < -0.3 is 5.11 Å². The van der Waals surface area contributed by atoms with Gasteiger partial charge in [-0.3, -0.25) is 4.79 Å². The van der Waals surface area contributed by atoms with Crippen LogP contribution in [0.5, 0.6) is 0 Å². The number of carboxylic acid groups (broad SMARTS) is 1. The van der Waals surface area contributed by atoms with Crippen LogP contribution in [-0.4, -0.2) is 11.1 Å². The van der Waals surface area contributed by atoms with E-state index in [0.29, 0.717) is 18.4 Å². The Morgan fingerprint density at radius 1 is 1.50 bits per heavy atom. The number of hydrogen-bond donors (Lipinski definition) is 1. The third-order valence-corrected chi connectivity index (χ3v) is 2.18.